The minimum absolute atomic E-state index is 0.00406. The summed E-state index contributed by atoms with van der Waals surface area (Å²) in [6.45, 7) is 3.81. The van der Waals surface area contributed by atoms with Crippen molar-refractivity contribution in [2.45, 2.75) is 19.4 Å². The van der Waals surface area contributed by atoms with E-state index < -0.39 is 0 Å². The molecule has 3 rings (SSSR count). The van der Waals surface area contributed by atoms with E-state index in [1.54, 1.807) is 6.07 Å². The third-order valence-corrected chi connectivity index (χ3v) is 4.69. The van der Waals surface area contributed by atoms with Crippen molar-refractivity contribution in [2.24, 2.45) is 0 Å². The van der Waals surface area contributed by atoms with E-state index in [1.165, 1.54) is 18.4 Å². The van der Waals surface area contributed by atoms with Crippen LogP contribution in [0.1, 0.15) is 17.5 Å². The van der Waals surface area contributed by atoms with E-state index in [1.807, 2.05) is 6.07 Å². The summed E-state index contributed by atoms with van der Waals surface area (Å²) in [5, 5.41) is 13.5. The van der Waals surface area contributed by atoms with Crippen LogP contribution in [0.5, 0.6) is 11.5 Å². The lowest BCUT2D eigenvalue weighted by molar-refractivity contribution is 0.373. The zero-order valence-electron chi connectivity index (χ0n) is 13.9. The molecule has 24 heavy (non-hydrogen) atoms. The normalized spacial score (nSPS) is 13.2. The van der Waals surface area contributed by atoms with Crippen molar-refractivity contribution in [3.05, 3.63) is 52.5 Å². The molecule has 0 atom stereocenters. The Morgan fingerprint density at radius 2 is 2.12 bits per heavy atom. The summed E-state index contributed by atoms with van der Waals surface area (Å²) in [5.74, 6) is 0.406. The Labute approximate surface area is 148 Å². The number of aromatic hydroxyl groups is 1. The largest absolute Gasteiger partial charge is 0.503 e. The van der Waals surface area contributed by atoms with Gasteiger partial charge in [-0.2, -0.15) is 0 Å². The Hall–Kier alpha value is -1.91. The number of phenolic OH excluding ortho intramolecular Hbond substituents is 1. The van der Waals surface area contributed by atoms with E-state index in [4.69, 9.17) is 16.3 Å². The van der Waals surface area contributed by atoms with Crippen LogP contribution in [0.2, 0.25) is 5.02 Å². The first-order valence-electron chi connectivity index (χ1n) is 8.28. The molecule has 0 aliphatic carbocycles. The summed E-state index contributed by atoms with van der Waals surface area (Å²) in [6, 6.07) is 12.2. The minimum atomic E-state index is -0.00406. The third kappa shape index (κ3) is 3.77. The highest BCUT2D eigenvalue weighted by Gasteiger charge is 2.17. The van der Waals surface area contributed by atoms with Gasteiger partial charge in [-0.15, -0.1) is 0 Å². The van der Waals surface area contributed by atoms with Crippen LogP contribution in [-0.4, -0.2) is 31.9 Å². The Morgan fingerprint density at radius 3 is 2.96 bits per heavy atom. The zero-order valence-corrected chi connectivity index (χ0v) is 14.6. The van der Waals surface area contributed by atoms with Crippen LogP contribution >= 0.6 is 11.6 Å². The Balaban J connectivity index is 1.44. The molecule has 1 aliphatic heterocycles. The fraction of sp³-hybridized carbons (Fsp3) is 0.368. The molecule has 0 unspecified atom stereocenters. The van der Waals surface area contributed by atoms with Crippen LogP contribution in [0.15, 0.2) is 36.4 Å². The van der Waals surface area contributed by atoms with E-state index in [0.717, 1.165) is 38.0 Å². The van der Waals surface area contributed by atoms with Gasteiger partial charge in [0.1, 0.15) is 0 Å². The molecule has 2 aromatic carbocycles. The molecule has 128 valence electrons. The Morgan fingerprint density at radius 1 is 1.29 bits per heavy atom. The van der Waals surface area contributed by atoms with Crippen LogP contribution in [0.3, 0.4) is 0 Å². The maximum Gasteiger partial charge on any atom is 0.176 e. The van der Waals surface area contributed by atoms with E-state index >= 15 is 0 Å². The number of anilines is 1. The summed E-state index contributed by atoms with van der Waals surface area (Å²) < 4.78 is 5.13. The first kappa shape index (κ1) is 16.9. The number of nitrogens with zero attached hydrogens (tertiary/aromatic N) is 1. The summed E-state index contributed by atoms with van der Waals surface area (Å²) in [5.41, 5.74) is 3.84. The number of benzene rings is 2. The Kier molecular flexibility index (Phi) is 5.48. The summed E-state index contributed by atoms with van der Waals surface area (Å²) >= 11 is 6.01. The van der Waals surface area contributed by atoms with Gasteiger partial charge in [0.05, 0.1) is 12.1 Å². The van der Waals surface area contributed by atoms with Crippen molar-refractivity contribution in [1.82, 2.24) is 5.32 Å². The molecule has 4 nitrogen and oxygen atoms in total. The number of para-hydroxylation sites is 1. The van der Waals surface area contributed by atoms with Crippen molar-refractivity contribution in [3.63, 3.8) is 0 Å². The first-order chi connectivity index (χ1) is 11.7. The molecule has 0 bridgehead atoms. The maximum absolute atomic E-state index is 9.75. The van der Waals surface area contributed by atoms with Gasteiger partial charge in [0.15, 0.2) is 11.5 Å². The van der Waals surface area contributed by atoms with Gasteiger partial charge in [0, 0.05) is 25.3 Å². The van der Waals surface area contributed by atoms with Crippen LogP contribution in [0.25, 0.3) is 0 Å². The third-order valence-electron chi connectivity index (χ3n) is 4.40. The molecule has 0 radical (unpaired) electrons. The van der Waals surface area contributed by atoms with E-state index in [2.05, 4.69) is 34.5 Å². The number of fused-ring (bicyclic) bond motifs is 1. The van der Waals surface area contributed by atoms with Crippen LogP contribution in [0, 0.1) is 0 Å². The lowest BCUT2D eigenvalue weighted by Crippen LogP contribution is -2.25. The smallest absolute Gasteiger partial charge is 0.176 e. The molecule has 1 aliphatic rings. The van der Waals surface area contributed by atoms with Crippen molar-refractivity contribution < 1.29 is 9.84 Å². The molecule has 5 heteroatoms. The van der Waals surface area contributed by atoms with E-state index in [9.17, 15) is 5.11 Å². The number of hydrogen-bond acceptors (Lipinski definition) is 4. The highest BCUT2D eigenvalue weighted by atomic mass is 35.5. The first-order valence-corrected chi connectivity index (χ1v) is 8.66. The molecule has 2 aromatic rings. The van der Waals surface area contributed by atoms with Crippen LogP contribution in [-0.2, 0) is 13.0 Å². The number of hydrogen-bond donors (Lipinski definition) is 2. The second-order valence-corrected chi connectivity index (χ2v) is 6.43. The summed E-state index contributed by atoms with van der Waals surface area (Å²) in [6.07, 6.45) is 2.23. The van der Waals surface area contributed by atoms with Gasteiger partial charge < -0.3 is 20.1 Å². The average molecular weight is 347 g/mol. The lowest BCUT2D eigenvalue weighted by atomic mass is 10.2. The lowest BCUT2D eigenvalue weighted by Gasteiger charge is -2.19. The van der Waals surface area contributed by atoms with E-state index in [-0.39, 0.29) is 5.75 Å². The predicted molar refractivity (Wildman–Crippen MR) is 98.4 cm³/mol. The number of methoxy groups -OCH3 is 1. The predicted octanol–water partition coefficient (Wildman–Crippen LogP) is 3.60. The van der Waals surface area contributed by atoms with Crippen LogP contribution < -0.4 is 15.0 Å². The zero-order chi connectivity index (χ0) is 16.9. The number of ether oxygens (including phenoxy) is 1. The monoisotopic (exact) mass is 346 g/mol. The molecule has 0 fully saturated rings. The summed E-state index contributed by atoms with van der Waals surface area (Å²) in [4.78, 5) is 2.46. The molecule has 0 saturated heterocycles. The fourth-order valence-corrected chi connectivity index (χ4v) is 3.38. The second-order valence-electron chi connectivity index (χ2n) is 6.02. The number of rotatable bonds is 7. The van der Waals surface area contributed by atoms with E-state index in [0.29, 0.717) is 17.3 Å². The van der Waals surface area contributed by atoms with Gasteiger partial charge in [-0.1, -0.05) is 29.8 Å². The van der Waals surface area contributed by atoms with Crippen molar-refractivity contribution in [2.75, 3.05) is 31.6 Å². The number of phenols is 1. The molecule has 0 aromatic heterocycles. The number of halogens is 1. The SMILES string of the molecule is COc1cc(CNCCCN2CCc3ccccc32)cc(Cl)c1O. The quantitative estimate of drug-likeness (QED) is 0.752. The van der Waals surface area contributed by atoms with Crippen LogP contribution in [0.4, 0.5) is 5.69 Å². The van der Waals surface area contributed by atoms with Gasteiger partial charge >= 0.3 is 0 Å². The van der Waals surface area contributed by atoms with Gasteiger partial charge in [0.2, 0.25) is 0 Å². The van der Waals surface area contributed by atoms with Crippen molar-refractivity contribution >= 4 is 17.3 Å². The average Bonchev–Trinajstić information content (AvgIpc) is 3.01. The van der Waals surface area contributed by atoms with Gasteiger partial charge in [-0.3, -0.25) is 0 Å². The summed E-state index contributed by atoms with van der Waals surface area (Å²) in [7, 11) is 1.52. The van der Waals surface area contributed by atoms with Crippen molar-refractivity contribution in [3.8, 4) is 11.5 Å². The Bertz CT molecular complexity index is 706. The minimum Gasteiger partial charge on any atom is -0.503 e. The van der Waals surface area contributed by atoms with Gasteiger partial charge in [0.25, 0.3) is 0 Å². The van der Waals surface area contributed by atoms with Gasteiger partial charge in [-0.05, 0) is 48.7 Å². The second kappa shape index (κ2) is 7.77. The van der Waals surface area contributed by atoms with Gasteiger partial charge in [-0.25, -0.2) is 0 Å². The highest BCUT2D eigenvalue weighted by Crippen LogP contribution is 2.34. The van der Waals surface area contributed by atoms with Crippen molar-refractivity contribution in [1.29, 1.82) is 0 Å². The topological polar surface area (TPSA) is 44.7 Å². The maximum atomic E-state index is 9.75. The molecule has 0 saturated carbocycles. The standard InChI is InChI=1S/C19H23ClN2O2/c1-24-18-12-14(11-16(20)19(18)23)13-21-8-4-9-22-10-7-15-5-2-3-6-17(15)22/h2-3,5-6,11-12,21,23H,4,7-10,13H2,1H3. The molecular weight excluding hydrogens is 324 g/mol. The molecule has 0 spiro atoms. The highest BCUT2D eigenvalue weighted by molar-refractivity contribution is 6.32. The molecule has 2 N–H and O–H groups in total. The molecule has 1 heterocycles. The fourth-order valence-electron chi connectivity index (χ4n) is 3.15. The molecular formula is C19H23ClN2O2. The number of nitrogens with one attached hydrogen (secondary N) is 1. The molecule has 0 amide bonds.